The van der Waals surface area contributed by atoms with E-state index in [-0.39, 0.29) is 5.91 Å². The smallest absolute Gasteiger partial charge is 0.222 e. The minimum Gasteiger partial charge on any atom is -0.454 e. The van der Waals surface area contributed by atoms with Crippen LogP contribution in [0.15, 0.2) is 41.4 Å². The molecule has 5 heteroatoms. The number of carbonyl (C=O) groups excluding carboxylic acids is 1. The topological polar surface area (TPSA) is 45.1 Å². The molecule has 0 aliphatic carbocycles. The first-order valence-corrected chi connectivity index (χ1v) is 10.9. The molecule has 0 unspecified atom stereocenters. The summed E-state index contributed by atoms with van der Waals surface area (Å²) in [6.07, 6.45) is 1.55. The van der Waals surface area contributed by atoms with Gasteiger partial charge in [0.15, 0.2) is 5.75 Å². The van der Waals surface area contributed by atoms with Crippen molar-refractivity contribution in [2.24, 2.45) is 10.9 Å². The molecule has 2 aromatic carbocycles. The molecular formula is C25H31N3O2. The fraction of sp³-hybridized carbons (Fsp3) is 0.440. The van der Waals surface area contributed by atoms with Crippen LogP contribution in [-0.4, -0.2) is 47.7 Å². The van der Waals surface area contributed by atoms with Crippen LogP contribution in [-0.2, 0) is 4.79 Å². The van der Waals surface area contributed by atoms with E-state index in [2.05, 4.69) is 50.8 Å². The van der Waals surface area contributed by atoms with Crippen LogP contribution in [0, 0.1) is 19.8 Å². The Morgan fingerprint density at radius 1 is 1.00 bits per heavy atom. The highest BCUT2D eigenvalue weighted by Gasteiger charge is 2.26. The summed E-state index contributed by atoms with van der Waals surface area (Å²) in [5.41, 5.74) is 4.19. The standard InChI is InChI=1S/C25H31N3O2/c1-17(2)14-24(29)27-10-5-11-28(13-12-27)25-20-15-18(3)7-9-22(20)30-23-16-19(4)6-8-21(23)26-25/h6-9,15-17H,5,10-14H2,1-4H3. The zero-order chi connectivity index (χ0) is 21.3. The van der Waals surface area contributed by atoms with Crippen LogP contribution in [0.2, 0.25) is 0 Å². The molecule has 2 aromatic rings. The van der Waals surface area contributed by atoms with Gasteiger partial charge in [0.05, 0.1) is 5.56 Å². The summed E-state index contributed by atoms with van der Waals surface area (Å²) in [4.78, 5) is 22.0. The van der Waals surface area contributed by atoms with E-state index in [4.69, 9.17) is 9.73 Å². The first-order valence-electron chi connectivity index (χ1n) is 10.9. The number of fused-ring (bicyclic) bond motifs is 2. The molecular weight excluding hydrogens is 374 g/mol. The quantitative estimate of drug-likeness (QED) is 0.701. The normalized spacial score (nSPS) is 16.2. The van der Waals surface area contributed by atoms with Crippen LogP contribution in [0.1, 0.15) is 43.4 Å². The Balaban J connectivity index is 1.67. The van der Waals surface area contributed by atoms with Crippen molar-refractivity contribution < 1.29 is 9.53 Å². The summed E-state index contributed by atoms with van der Waals surface area (Å²) < 4.78 is 6.29. The van der Waals surface area contributed by atoms with Gasteiger partial charge in [-0.05, 0) is 56.0 Å². The van der Waals surface area contributed by atoms with Gasteiger partial charge in [0, 0.05) is 32.6 Å². The molecule has 0 N–H and O–H groups in total. The van der Waals surface area contributed by atoms with Gasteiger partial charge in [-0.3, -0.25) is 4.79 Å². The van der Waals surface area contributed by atoms with Gasteiger partial charge < -0.3 is 14.5 Å². The second-order valence-corrected chi connectivity index (χ2v) is 8.83. The molecule has 1 amide bonds. The number of rotatable bonds is 2. The van der Waals surface area contributed by atoms with E-state index in [0.29, 0.717) is 12.3 Å². The lowest BCUT2D eigenvalue weighted by Crippen LogP contribution is -2.38. The Kier molecular flexibility index (Phi) is 5.80. The van der Waals surface area contributed by atoms with Crippen molar-refractivity contribution in [1.29, 1.82) is 0 Å². The van der Waals surface area contributed by atoms with Gasteiger partial charge in [-0.25, -0.2) is 4.99 Å². The molecule has 0 atom stereocenters. The Hall–Kier alpha value is -2.82. The molecule has 4 rings (SSSR count). The minimum atomic E-state index is 0.259. The van der Waals surface area contributed by atoms with Crippen LogP contribution in [0.4, 0.5) is 5.69 Å². The summed E-state index contributed by atoms with van der Waals surface area (Å²) in [5, 5.41) is 0. The lowest BCUT2D eigenvalue weighted by molar-refractivity contribution is -0.131. The van der Waals surface area contributed by atoms with E-state index < -0.39 is 0 Å². The molecule has 0 aromatic heterocycles. The third-order valence-electron chi connectivity index (χ3n) is 5.67. The summed E-state index contributed by atoms with van der Waals surface area (Å²) in [6, 6.07) is 12.4. The van der Waals surface area contributed by atoms with Crippen molar-refractivity contribution in [2.75, 3.05) is 26.2 Å². The summed E-state index contributed by atoms with van der Waals surface area (Å²) >= 11 is 0. The van der Waals surface area contributed by atoms with Gasteiger partial charge in [0.1, 0.15) is 17.3 Å². The Morgan fingerprint density at radius 2 is 1.77 bits per heavy atom. The number of amides is 1. The zero-order valence-corrected chi connectivity index (χ0v) is 18.4. The van der Waals surface area contributed by atoms with Gasteiger partial charge in [-0.2, -0.15) is 0 Å². The Bertz CT molecular complexity index is 980. The maximum atomic E-state index is 12.6. The second-order valence-electron chi connectivity index (χ2n) is 8.83. The fourth-order valence-corrected chi connectivity index (χ4v) is 4.09. The van der Waals surface area contributed by atoms with E-state index in [0.717, 1.165) is 66.7 Å². The molecule has 158 valence electrons. The fourth-order valence-electron chi connectivity index (χ4n) is 4.09. The first-order chi connectivity index (χ1) is 14.4. The number of nitrogens with zero attached hydrogens (tertiary/aromatic N) is 3. The third kappa shape index (κ3) is 4.35. The van der Waals surface area contributed by atoms with E-state index in [1.165, 1.54) is 5.56 Å². The monoisotopic (exact) mass is 405 g/mol. The van der Waals surface area contributed by atoms with Crippen molar-refractivity contribution >= 4 is 17.4 Å². The lowest BCUT2D eigenvalue weighted by Gasteiger charge is -2.25. The van der Waals surface area contributed by atoms with Gasteiger partial charge in [-0.15, -0.1) is 0 Å². The summed E-state index contributed by atoms with van der Waals surface area (Å²) in [6.45, 7) is 11.5. The van der Waals surface area contributed by atoms with Crippen LogP contribution in [0.3, 0.4) is 0 Å². The average Bonchev–Trinajstić information content (AvgIpc) is 3.02. The van der Waals surface area contributed by atoms with Gasteiger partial charge in [-0.1, -0.05) is 31.5 Å². The molecule has 0 bridgehead atoms. The van der Waals surface area contributed by atoms with E-state index in [1.54, 1.807) is 0 Å². The molecule has 0 radical (unpaired) electrons. The Labute approximate surface area is 179 Å². The number of benzene rings is 2. The molecule has 1 fully saturated rings. The number of aryl methyl sites for hydroxylation is 2. The predicted octanol–water partition coefficient (Wildman–Crippen LogP) is 5.07. The summed E-state index contributed by atoms with van der Waals surface area (Å²) in [5.74, 6) is 3.21. The van der Waals surface area contributed by atoms with Crippen molar-refractivity contribution in [3.05, 3.63) is 53.1 Å². The lowest BCUT2D eigenvalue weighted by atomic mass is 10.1. The van der Waals surface area contributed by atoms with Crippen LogP contribution in [0.25, 0.3) is 0 Å². The molecule has 1 saturated heterocycles. The van der Waals surface area contributed by atoms with Crippen molar-refractivity contribution in [3.63, 3.8) is 0 Å². The number of hydrogen-bond acceptors (Lipinski definition) is 4. The zero-order valence-electron chi connectivity index (χ0n) is 18.4. The largest absolute Gasteiger partial charge is 0.454 e. The highest BCUT2D eigenvalue weighted by Crippen LogP contribution is 2.39. The van der Waals surface area contributed by atoms with E-state index in [1.807, 2.05) is 23.1 Å². The first kappa shape index (κ1) is 20.5. The van der Waals surface area contributed by atoms with Gasteiger partial charge >= 0.3 is 0 Å². The highest BCUT2D eigenvalue weighted by molar-refractivity contribution is 6.04. The molecule has 2 aliphatic heterocycles. The average molecular weight is 406 g/mol. The van der Waals surface area contributed by atoms with Crippen LogP contribution < -0.4 is 4.74 Å². The van der Waals surface area contributed by atoms with Crippen molar-refractivity contribution in [3.8, 4) is 11.5 Å². The highest BCUT2D eigenvalue weighted by atomic mass is 16.5. The summed E-state index contributed by atoms with van der Waals surface area (Å²) in [7, 11) is 0. The Morgan fingerprint density at radius 3 is 2.57 bits per heavy atom. The van der Waals surface area contributed by atoms with Crippen LogP contribution in [0.5, 0.6) is 11.5 Å². The van der Waals surface area contributed by atoms with E-state index in [9.17, 15) is 4.79 Å². The van der Waals surface area contributed by atoms with Gasteiger partial charge in [0.2, 0.25) is 5.91 Å². The molecule has 5 nitrogen and oxygen atoms in total. The number of aliphatic imine (C=N–C) groups is 1. The van der Waals surface area contributed by atoms with Crippen molar-refractivity contribution in [1.82, 2.24) is 9.80 Å². The number of hydrogen-bond donors (Lipinski definition) is 0. The maximum absolute atomic E-state index is 12.6. The molecule has 2 heterocycles. The number of amidine groups is 1. The van der Waals surface area contributed by atoms with E-state index >= 15 is 0 Å². The third-order valence-corrected chi connectivity index (χ3v) is 5.67. The minimum absolute atomic E-state index is 0.259. The molecule has 30 heavy (non-hydrogen) atoms. The molecule has 2 aliphatic rings. The second kappa shape index (κ2) is 8.50. The van der Waals surface area contributed by atoms with Crippen LogP contribution >= 0.6 is 0 Å². The predicted molar refractivity (Wildman–Crippen MR) is 121 cm³/mol. The molecule has 0 saturated carbocycles. The van der Waals surface area contributed by atoms with Gasteiger partial charge in [0.25, 0.3) is 0 Å². The number of carbonyl (C=O) groups is 1. The SMILES string of the molecule is Cc1ccc2c(c1)Oc1ccc(C)cc1C(N1CCCN(C(=O)CC(C)C)CC1)=N2. The number of ether oxygens (including phenoxy) is 1. The maximum Gasteiger partial charge on any atom is 0.222 e. The van der Waals surface area contributed by atoms with Crippen molar-refractivity contribution in [2.45, 2.75) is 40.5 Å². The molecule has 0 spiro atoms.